The molecule has 100 valence electrons. The summed E-state index contributed by atoms with van der Waals surface area (Å²) in [6.45, 7) is 3.50. The molecule has 4 nitrogen and oxygen atoms in total. The van der Waals surface area contributed by atoms with Gasteiger partial charge in [0.25, 0.3) is 0 Å². The minimum Gasteiger partial charge on any atom is -0.335 e. The first-order chi connectivity index (χ1) is 9.24. The summed E-state index contributed by atoms with van der Waals surface area (Å²) in [4.78, 5) is 16.4. The van der Waals surface area contributed by atoms with Crippen LogP contribution in [0.1, 0.15) is 28.7 Å². The van der Waals surface area contributed by atoms with Crippen LogP contribution in [0.15, 0.2) is 36.7 Å². The Hall–Kier alpha value is -1.94. The van der Waals surface area contributed by atoms with E-state index in [-0.39, 0.29) is 5.78 Å². The van der Waals surface area contributed by atoms with Crippen LogP contribution in [0.4, 0.5) is 0 Å². The lowest BCUT2D eigenvalue weighted by Gasteiger charge is -2.05. The van der Waals surface area contributed by atoms with E-state index in [9.17, 15) is 4.79 Å². The van der Waals surface area contributed by atoms with E-state index in [2.05, 4.69) is 4.98 Å². The first-order valence-corrected chi connectivity index (χ1v) is 6.56. The SMILES string of the molecule is CCn1ccnc1CC(=O)c1ccc(CCN)cc1. The Labute approximate surface area is 113 Å². The third-order valence-electron chi connectivity index (χ3n) is 3.17. The van der Waals surface area contributed by atoms with Crippen LogP contribution in [0.3, 0.4) is 0 Å². The van der Waals surface area contributed by atoms with Crippen LogP contribution in [-0.2, 0) is 19.4 Å². The lowest BCUT2D eigenvalue weighted by Crippen LogP contribution is -2.10. The van der Waals surface area contributed by atoms with Crippen molar-refractivity contribution >= 4 is 5.78 Å². The average Bonchev–Trinajstić information content (AvgIpc) is 2.87. The van der Waals surface area contributed by atoms with Crippen LogP contribution >= 0.6 is 0 Å². The van der Waals surface area contributed by atoms with E-state index in [4.69, 9.17) is 5.73 Å². The molecule has 0 bridgehead atoms. The van der Waals surface area contributed by atoms with Gasteiger partial charge >= 0.3 is 0 Å². The molecule has 2 N–H and O–H groups in total. The smallest absolute Gasteiger partial charge is 0.170 e. The summed E-state index contributed by atoms with van der Waals surface area (Å²) in [6, 6.07) is 7.66. The Morgan fingerprint density at radius 1 is 1.32 bits per heavy atom. The first-order valence-electron chi connectivity index (χ1n) is 6.56. The molecule has 0 atom stereocenters. The maximum atomic E-state index is 12.2. The zero-order valence-corrected chi connectivity index (χ0v) is 11.2. The highest BCUT2D eigenvalue weighted by atomic mass is 16.1. The van der Waals surface area contributed by atoms with Gasteiger partial charge in [-0.3, -0.25) is 4.79 Å². The number of ketones is 1. The standard InChI is InChI=1S/C15H19N3O/c1-2-18-10-9-17-15(18)11-14(19)13-5-3-12(4-6-13)7-8-16/h3-6,9-10H,2,7-8,11,16H2,1H3. The molecule has 0 saturated heterocycles. The third-order valence-corrected chi connectivity index (χ3v) is 3.17. The molecule has 0 aliphatic heterocycles. The molecular formula is C15H19N3O. The molecule has 0 fully saturated rings. The quantitative estimate of drug-likeness (QED) is 0.803. The molecule has 1 aromatic carbocycles. The second-order valence-electron chi connectivity index (χ2n) is 4.47. The number of aromatic nitrogens is 2. The van der Waals surface area contributed by atoms with Gasteiger partial charge in [-0.15, -0.1) is 0 Å². The minimum atomic E-state index is 0.0974. The lowest BCUT2D eigenvalue weighted by atomic mass is 10.0. The highest BCUT2D eigenvalue weighted by Crippen LogP contribution is 2.09. The van der Waals surface area contributed by atoms with Gasteiger partial charge in [0.1, 0.15) is 5.82 Å². The summed E-state index contributed by atoms with van der Waals surface area (Å²) in [5.41, 5.74) is 7.39. The van der Waals surface area contributed by atoms with Crippen LogP contribution < -0.4 is 5.73 Å². The minimum absolute atomic E-state index is 0.0974. The van der Waals surface area contributed by atoms with Crippen molar-refractivity contribution in [3.05, 3.63) is 53.6 Å². The predicted molar refractivity (Wildman–Crippen MR) is 75.1 cm³/mol. The fourth-order valence-electron chi connectivity index (χ4n) is 2.06. The lowest BCUT2D eigenvalue weighted by molar-refractivity contribution is 0.0990. The molecule has 4 heteroatoms. The summed E-state index contributed by atoms with van der Waals surface area (Å²) in [7, 11) is 0. The van der Waals surface area contributed by atoms with E-state index in [1.807, 2.05) is 42.0 Å². The van der Waals surface area contributed by atoms with Crippen molar-refractivity contribution < 1.29 is 4.79 Å². The molecule has 0 saturated carbocycles. The summed E-state index contributed by atoms with van der Waals surface area (Å²) >= 11 is 0. The largest absolute Gasteiger partial charge is 0.335 e. The summed E-state index contributed by atoms with van der Waals surface area (Å²) in [5.74, 6) is 0.915. The molecule has 2 aromatic rings. The highest BCUT2D eigenvalue weighted by Gasteiger charge is 2.10. The van der Waals surface area contributed by atoms with E-state index in [0.717, 1.165) is 29.9 Å². The zero-order chi connectivity index (χ0) is 13.7. The molecule has 0 radical (unpaired) electrons. The van der Waals surface area contributed by atoms with Gasteiger partial charge in [-0.05, 0) is 25.5 Å². The van der Waals surface area contributed by atoms with E-state index in [1.165, 1.54) is 0 Å². The molecule has 19 heavy (non-hydrogen) atoms. The fourth-order valence-corrected chi connectivity index (χ4v) is 2.06. The van der Waals surface area contributed by atoms with Crippen molar-refractivity contribution in [1.29, 1.82) is 0 Å². The summed E-state index contributed by atoms with van der Waals surface area (Å²) in [6.07, 6.45) is 4.81. The Balaban J connectivity index is 2.07. The molecule has 1 aromatic heterocycles. The van der Waals surface area contributed by atoms with Crippen molar-refractivity contribution in [2.24, 2.45) is 5.73 Å². The number of nitrogens with two attached hydrogens (primary N) is 1. The Morgan fingerprint density at radius 3 is 2.68 bits per heavy atom. The number of aryl methyl sites for hydroxylation is 1. The molecule has 0 amide bonds. The van der Waals surface area contributed by atoms with Gasteiger partial charge in [0.2, 0.25) is 0 Å². The van der Waals surface area contributed by atoms with Crippen molar-refractivity contribution in [2.75, 3.05) is 6.54 Å². The number of carbonyl (C=O) groups is 1. The van der Waals surface area contributed by atoms with Crippen LogP contribution in [0.25, 0.3) is 0 Å². The average molecular weight is 257 g/mol. The van der Waals surface area contributed by atoms with Crippen LogP contribution in [0.5, 0.6) is 0 Å². The summed E-state index contributed by atoms with van der Waals surface area (Å²) < 4.78 is 1.99. The van der Waals surface area contributed by atoms with E-state index < -0.39 is 0 Å². The van der Waals surface area contributed by atoms with Gasteiger partial charge in [-0.25, -0.2) is 4.98 Å². The maximum absolute atomic E-state index is 12.2. The zero-order valence-electron chi connectivity index (χ0n) is 11.2. The second kappa shape index (κ2) is 6.29. The van der Waals surface area contributed by atoms with Crippen molar-refractivity contribution in [1.82, 2.24) is 9.55 Å². The number of benzene rings is 1. The topological polar surface area (TPSA) is 60.9 Å². The number of carbonyl (C=O) groups excluding carboxylic acids is 1. The van der Waals surface area contributed by atoms with Gasteiger partial charge in [0.15, 0.2) is 5.78 Å². The maximum Gasteiger partial charge on any atom is 0.170 e. The van der Waals surface area contributed by atoms with Crippen molar-refractivity contribution in [3.63, 3.8) is 0 Å². The molecule has 1 heterocycles. The molecule has 0 aliphatic carbocycles. The Morgan fingerprint density at radius 2 is 2.05 bits per heavy atom. The number of rotatable bonds is 6. The first kappa shape index (κ1) is 13.5. The number of imidazole rings is 1. The molecule has 0 unspecified atom stereocenters. The number of nitrogens with zero attached hydrogens (tertiary/aromatic N) is 2. The van der Waals surface area contributed by atoms with Gasteiger partial charge in [-0.1, -0.05) is 24.3 Å². The van der Waals surface area contributed by atoms with Crippen LogP contribution in [0, 0.1) is 0 Å². The third kappa shape index (κ3) is 3.29. The van der Waals surface area contributed by atoms with Gasteiger partial charge in [0.05, 0.1) is 6.42 Å². The van der Waals surface area contributed by atoms with Gasteiger partial charge in [-0.2, -0.15) is 0 Å². The van der Waals surface area contributed by atoms with Crippen molar-refractivity contribution in [3.8, 4) is 0 Å². The van der Waals surface area contributed by atoms with Crippen LogP contribution in [-0.4, -0.2) is 21.9 Å². The molecular weight excluding hydrogens is 238 g/mol. The van der Waals surface area contributed by atoms with E-state index >= 15 is 0 Å². The van der Waals surface area contributed by atoms with Crippen molar-refractivity contribution in [2.45, 2.75) is 26.3 Å². The highest BCUT2D eigenvalue weighted by molar-refractivity contribution is 5.97. The van der Waals surface area contributed by atoms with E-state index in [0.29, 0.717) is 13.0 Å². The number of hydrogen-bond acceptors (Lipinski definition) is 3. The number of hydrogen-bond donors (Lipinski definition) is 1. The number of Topliss-reactive ketones (excluding diaryl/α,β-unsaturated/α-hetero) is 1. The van der Waals surface area contributed by atoms with Gasteiger partial charge < -0.3 is 10.3 Å². The molecule has 2 rings (SSSR count). The van der Waals surface area contributed by atoms with E-state index in [1.54, 1.807) is 6.20 Å². The fraction of sp³-hybridized carbons (Fsp3) is 0.333. The Kier molecular flexibility index (Phi) is 4.47. The molecule has 0 spiro atoms. The monoisotopic (exact) mass is 257 g/mol. The molecule has 0 aliphatic rings. The Bertz CT molecular complexity index is 543. The predicted octanol–water partition coefficient (Wildman–Crippen LogP) is 1.83. The second-order valence-corrected chi connectivity index (χ2v) is 4.47. The summed E-state index contributed by atoms with van der Waals surface area (Å²) in [5, 5.41) is 0. The van der Waals surface area contributed by atoms with Crippen LogP contribution in [0.2, 0.25) is 0 Å². The normalized spacial score (nSPS) is 10.6. The van der Waals surface area contributed by atoms with Gasteiger partial charge in [0, 0.05) is 24.5 Å².